The molecule has 0 unspecified atom stereocenters. The van der Waals surface area contributed by atoms with E-state index in [1.54, 1.807) is 12.1 Å². The third-order valence-corrected chi connectivity index (χ3v) is 4.81. The second-order valence-corrected chi connectivity index (χ2v) is 7.41. The van der Waals surface area contributed by atoms with Crippen LogP contribution in [0.1, 0.15) is 40.0 Å². The number of hydrogen-bond donors (Lipinski definition) is 1. The van der Waals surface area contributed by atoms with Crippen molar-refractivity contribution in [3.63, 3.8) is 0 Å². The fraction of sp³-hybridized carbons (Fsp3) is 0.368. The van der Waals surface area contributed by atoms with Gasteiger partial charge in [-0.25, -0.2) is 0 Å². The third kappa shape index (κ3) is 4.42. The van der Waals surface area contributed by atoms with Crippen LogP contribution in [-0.2, 0) is 18.3 Å². The molecule has 0 saturated heterocycles. The molecular weight excluding hydrogens is 379 g/mol. The lowest BCUT2D eigenvalue weighted by atomic mass is 10.0. The molecule has 1 aliphatic rings. The Labute approximate surface area is 160 Å². The SMILES string of the molecule is CN(C)Cc1ccc(C(=O)NC2(c3cc(C(F)(F)F)ccc3Cl)CC2)cn1. The van der Waals surface area contributed by atoms with Crippen molar-refractivity contribution in [3.8, 4) is 0 Å². The van der Waals surface area contributed by atoms with Crippen LogP contribution in [0.4, 0.5) is 13.2 Å². The van der Waals surface area contributed by atoms with E-state index in [9.17, 15) is 18.0 Å². The lowest BCUT2D eigenvalue weighted by Crippen LogP contribution is -2.35. The van der Waals surface area contributed by atoms with Crippen molar-refractivity contribution in [3.05, 3.63) is 63.9 Å². The van der Waals surface area contributed by atoms with Crippen molar-refractivity contribution in [2.45, 2.75) is 31.1 Å². The van der Waals surface area contributed by atoms with Gasteiger partial charge in [0, 0.05) is 17.8 Å². The molecule has 1 saturated carbocycles. The number of pyridine rings is 1. The first-order chi connectivity index (χ1) is 12.6. The first kappa shape index (κ1) is 19.6. The van der Waals surface area contributed by atoms with Gasteiger partial charge in [-0.1, -0.05) is 11.6 Å². The fourth-order valence-electron chi connectivity index (χ4n) is 2.92. The van der Waals surface area contributed by atoms with Gasteiger partial charge in [0.25, 0.3) is 5.91 Å². The number of amides is 1. The minimum Gasteiger partial charge on any atom is -0.342 e. The molecule has 1 amide bonds. The van der Waals surface area contributed by atoms with Crippen LogP contribution in [0.5, 0.6) is 0 Å². The Morgan fingerprint density at radius 3 is 2.48 bits per heavy atom. The lowest BCUT2D eigenvalue weighted by molar-refractivity contribution is -0.137. The molecule has 1 aromatic carbocycles. The molecule has 0 aliphatic heterocycles. The Balaban J connectivity index is 1.80. The summed E-state index contributed by atoms with van der Waals surface area (Å²) in [6, 6.07) is 6.60. The number of rotatable bonds is 5. The number of alkyl halides is 3. The van der Waals surface area contributed by atoms with Crippen LogP contribution >= 0.6 is 11.6 Å². The monoisotopic (exact) mass is 397 g/mol. The first-order valence-electron chi connectivity index (χ1n) is 8.40. The second-order valence-electron chi connectivity index (χ2n) is 7.00. The van der Waals surface area contributed by atoms with Crippen LogP contribution in [0.15, 0.2) is 36.5 Å². The van der Waals surface area contributed by atoms with E-state index in [0.29, 0.717) is 30.5 Å². The highest BCUT2D eigenvalue weighted by Crippen LogP contribution is 2.49. The van der Waals surface area contributed by atoms with Crippen molar-refractivity contribution < 1.29 is 18.0 Å². The zero-order chi connectivity index (χ0) is 19.8. The number of halogens is 4. The maximum atomic E-state index is 13.0. The first-order valence-corrected chi connectivity index (χ1v) is 8.78. The van der Waals surface area contributed by atoms with Crippen LogP contribution in [0.3, 0.4) is 0 Å². The highest BCUT2D eigenvalue weighted by Gasteiger charge is 2.48. The molecule has 3 rings (SSSR count). The number of aromatic nitrogens is 1. The predicted octanol–water partition coefficient (Wildman–Crippen LogP) is 4.23. The third-order valence-electron chi connectivity index (χ3n) is 4.48. The molecule has 2 aromatic rings. The molecule has 1 N–H and O–H groups in total. The minimum atomic E-state index is -4.47. The van der Waals surface area contributed by atoms with Crippen molar-refractivity contribution in [2.24, 2.45) is 0 Å². The highest BCUT2D eigenvalue weighted by atomic mass is 35.5. The van der Waals surface area contributed by atoms with Gasteiger partial charge < -0.3 is 10.2 Å². The quantitative estimate of drug-likeness (QED) is 0.821. The van der Waals surface area contributed by atoms with Gasteiger partial charge in [0.05, 0.1) is 22.4 Å². The maximum absolute atomic E-state index is 13.0. The molecule has 4 nitrogen and oxygen atoms in total. The molecule has 0 spiro atoms. The largest absolute Gasteiger partial charge is 0.416 e. The van der Waals surface area contributed by atoms with E-state index in [1.165, 1.54) is 12.3 Å². The Hall–Kier alpha value is -2.12. The zero-order valence-corrected chi connectivity index (χ0v) is 15.7. The molecule has 1 aromatic heterocycles. The Morgan fingerprint density at radius 1 is 1.26 bits per heavy atom. The Bertz CT molecular complexity index is 846. The van der Waals surface area contributed by atoms with Gasteiger partial charge >= 0.3 is 6.18 Å². The summed E-state index contributed by atoms with van der Waals surface area (Å²) in [5, 5.41) is 3.05. The standard InChI is InChI=1S/C19H19ClF3N3O/c1-26(2)11-14-5-3-12(10-24-14)17(27)25-18(7-8-18)15-9-13(19(21,22)23)4-6-16(15)20/h3-6,9-10H,7-8,11H2,1-2H3,(H,25,27). The zero-order valence-electron chi connectivity index (χ0n) is 14.9. The number of carbonyl (C=O) groups is 1. The van der Waals surface area contributed by atoms with E-state index < -0.39 is 17.3 Å². The van der Waals surface area contributed by atoms with Crippen LogP contribution in [-0.4, -0.2) is 29.9 Å². The molecule has 8 heteroatoms. The minimum absolute atomic E-state index is 0.209. The molecule has 0 bridgehead atoms. The summed E-state index contributed by atoms with van der Waals surface area (Å²) in [6.07, 6.45) is -1.93. The topological polar surface area (TPSA) is 45.2 Å². The van der Waals surface area contributed by atoms with Crippen molar-refractivity contribution >= 4 is 17.5 Å². The van der Waals surface area contributed by atoms with E-state index in [1.807, 2.05) is 19.0 Å². The lowest BCUT2D eigenvalue weighted by Gasteiger charge is -2.21. The van der Waals surface area contributed by atoms with Crippen molar-refractivity contribution in [2.75, 3.05) is 14.1 Å². The average molecular weight is 398 g/mol. The van der Waals surface area contributed by atoms with Crippen LogP contribution in [0.25, 0.3) is 0 Å². The Morgan fingerprint density at radius 2 is 1.96 bits per heavy atom. The van der Waals surface area contributed by atoms with Crippen LogP contribution in [0, 0.1) is 0 Å². The van der Waals surface area contributed by atoms with Gasteiger partial charge in [0.1, 0.15) is 0 Å². The maximum Gasteiger partial charge on any atom is 0.416 e. The van der Waals surface area contributed by atoms with Crippen LogP contribution < -0.4 is 5.32 Å². The molecule has 0 radical (unpaired) electrons. The van der Waals surface area contributed by atoms with E-state index in [0.717, 1.165) is 17.8 Å². The number of nitrogens with one attached hydrogen (secondary N) is 1. The number of nitrogens with zero attached hydrogens (tertiary/aromatic N) is 2. The second kappa shape index (κ2) is 7.13. The molecular formula is C19H19ClF3N3O. The molecule has 1 aliphatic carbocycles. The summed E-state index contributed by atoms with van der Waals surface area (Å²) in [5.41, 5.74) is -0.176. The van der Waals surface area contributed by atoms with Gasteiger partial charge in [-0.3, -0.25) is 9.78 Å². The number of hydrogen-bond acceptors (Lipinski definition) is 3. The van der Waals surface area contributed by atoms with E-state index in [-0.39, 0.29) is 10.9 Å². The molecule has 144 valence electrons. The van der Waals surface area contributed by atoms with Gasteiger partial charge in [-0.2, -0.15) is 13.2 Å². The summed E-state index contributed by atoms with van der Waals surface area (Å²) >= 11 is 6.13. The van der Waals surface area contributed by atoms with E-state index in [2.05, 4.69) is 10.3 Å². The highest BCUT2D eigenvalue weighted by molar-refractivity contribution is 6.31. The normalized spacial score (nSPS) is 15.7. The fourth-order valence-corrected chi connectivity index (χ4v) is 3.22. The summed E-state index contributed by atoms with van der Waals surface area (Å²) < 4.78 is 39.1. The van der Waals surface area contributed by atoms with E-state index >= 15 is 0 Å². The molecule has 0 atom stereocenters. The predicted molar refractivity (Wildman–Crippen MR) is 96.5 cm³/mol. The summed E-state index contributed by atoms with van der Waals surface area (Å²) in [4.78, 5) is 18.8. The van der Waals surface area contributed by atoms with Crippen molar-refractivity contribution in [1.82, 2.24) is 15.2 Å². The Kier molecular flexibility index (Phi) is 5.18. The summed E-state index contributed by atoms with van der Waals surface area (Å²) in [6.45, 7) is 0.645. The van der Waals surface area contributed by atoms with Crippen LogP contribution in [0.2, 0.25) is 5.02 Å². The van der Waals surface area contributed by atoms with Gasteiger partial charge in [-0.15, -0.1) is 0 Å². The van der Waals surface area contributed by atoms with Gasteiger partial charge in [0.2, 0.25) is 0 Å². The average Bonchev–Trinajstić information content (AvgIpc) is 3.34. The molecule has 27 heavy (non-hydrogen) atoms. The molecule has 1 fully saturated rings. The van der Waals surface area contributed by atoms with E-state index in [4.69, 9.17) is 11.6 Å². The summed E-state index contributed by atoms with van der Waals surface area (Å²) in [7, 11) is 3.83. The van der Waals surface area contributed by atoms with Gasteiger partial charge in [0.15, 0.2) is 0 Å². The van der Waals surface area contributed by atoms with Crippen molar-refractivity contribution in [1.29, 1.82) is 0 Å². The van der Waals surface area contributed by atoms with Gasteiger partial charge in [-0.05, 0) is 62.8 Å². The number of carbonyl (C=O) groups excluding carboxylic acids is 1. The summed E-state index contributed by atoms with van der Waals surface area (Å²) in [5.74, 6) is -0.384. The smallest absolute Gasteiger partial charge is 0.342 e. The molecule has 1 heterocycles. The number of benzene rings is 1.